The molecule has 6 nitrogen and oxygen atoms in total. The number of amides is 2. The van der Waals surface area contributed by atoms with E-state index in [1.807, 2.05) is 30.3 Å². The molecule has 1 aliphatic rings. The summed E-state index contributed by atoms with van der Waals surface area (Å²) in [7, 11) is 1.70. The van der Waals surface area contributed by atoms with Crippen molar-refractivity contribution in [1.29, 1.82) is 0 Å². The highest BCUT2D eigenvalue weighted by atomic mass is 16.2. The number of nitrogens with one attached hydrogen (secondary N) is 1. The second kappa shape index (κ2) is 12.6. The molecule has 0 heterocycles. The van der Waals surface area contributed by atoms with Crippen LogP contribution >= 0.6 is 0 Å². The average Bonchev–Trinajstić information content (AvgIpc) is 2.74. The molecule has 0 aromatic heterocycles. The lowest BCUT2D eigenvalue weighted by atomic mass is 9.84. The number of nitrogens with two attached hydrogens (primary N) is 2. The summed E-state index contributed by atoms with van der Waals surface area (Å²) in [6.45, 7) is 1.03. The number of carbonyl (C=O) groups excluding carboxylic acids is 2. The third-order valence-corrected chi connectivity index (χ3v) is 5.98. The predicted octanol–water partition coefficient (Wildman–Crippen LogP) is 2.21. The molecule has 1 saturated carbocycles. The van der Waals surface area contributed by atoms with Gasteiger partial charge < -0.3 is 21.7 Å². The predicted molar refractivity (Wildman–Crippen MR) is 117 cm³/mol. The van der Waals surface area contributed by atoms with E-state index in [1.165, 1.54) is 24.8 Å². The Morgan fingerprint density at radius 1 is 1.17 bits per heavy atom. The van der Waals surface area contributed by atoms with Gasteiger partial charge in [-0.3, -0.25) is 9.59 Å². The third kappa shape index (κ3) is 7.78. The first-order valence-electron chi connectivity index (χ1n) is 11.1. The van der Waals surface area contributed by atoms with Crippen molar-refractivity contribution in [2.45, 2.75) is 69.9 Å². The maximum absolute atomic E-state index is 12.9. The van der Waals surface area contributed by atoms with Crippen molar-refractivity contribution >= 4 is 11.8 Å². The molecule has 2 rings (SSSR count). The van der Waals surface area contributed by atoms with Crippen LogP contribution in [0.25, 0.3) is 0 Å². The summed E-state index contributed by atoms with van der Waals surface area (Å²) in [6.07, 6.45) is 8.75. The van der Waals surface area contributed by atoms with Crippen LogP contribution < -0.4 is 16.8 Å². The number of hydrogen-bond donors (Lipinski definition) is 3. The lowest BCUT2D eigenvalue weighted by Crippen LogP contribution is -2.53. The lowest BCUT2D eigenvalue weighted by molar-refractivity contribution is -0.140. The molecule has 6 heteroatoms. The zero-order valence-electron chi connectivity index (χ0n) is 17.8. The fourth-order valence-corrected chi connectivity index (χ4v) is 4.20. The zero-order valence-corrected chi connectivity index (χ0v) is 17.8. The van der Waals surface area contributed by atoms with Crippen molar-refractivity contribution in [3.63, 3.8) is 0 Å². The average molecular weight is 403 g/mol. The van der Waals surface area contributed by atoms with Crippen LogP contribution in [0.4, 0.5) is 0 Å². The van der Waals surface area contributed by atoms with E-state index in [4.69, 9.17) is 11.5 Å². The Kier molecular flexibility index (Phi) is 10.2. The fraction of sp³-hybridized carbons (Fsp3) is 0.652. The number of nitrogens with zero attached hydrogens (tertiary/aromatic N) is 1. The maximum Gasteiger partial charge on any atom is 0.242 e. The monoisotopic (exact) mass is 402 g/mol. The second-order valence-electron chi connectivity index (χ2n) is 8.27. The number of likely N-dealkylation sites (N-methyl/N-ethyl adjacent to an activating group) is 1. The van der Waals surface area contributed by atoms with Crippen LogP contribution in [0.3, 0.4) is 0 Å². The van der Waals surface area contributed by atoms with Crippen molar-refractivity contribution in [2.24, 2.45) is 17.4 Å². The Morgan fingerprint density at radius 2 is 1.86 bits per heavy atom. The van der Waals surface area contributed by atoms with Gasteiger partial charge in [-0.05, 0) is 43.7 Å². The van der Waals surface area contributed by atoms with Crippen LogP contribution in [0.1, 0.15) is 56.9 Å². The Bertz CT molecular complexity index is 617. The smallest absolute Gasteiger partial charge is 0.242 e. The molecule has 0 aliphatic heterocycles. The topological polar surface area (TPSA) is 101 Å². The first-order chi connectivity index (χ1) is 14.0. The highest BCUT2D eigenvalue weighted by Crippen LogP contribution is 2.27. The van der Waals surface area contributed by atoms with E-state index >= 15 is 0 Å². The Morgan fingerprint density at radius 3 is 2.52 bits per heavy atom. The summed E-state index contributed by atoms with van der Waals surface area (Å²) in [5, 5.41) is 2.98. The molecule has 1 aliphatic carbocycles. The van der Waals surface area contributed by atoms with Gasteiger partial charge in [-0.2, -0.15) is 0 Å². The molecule has 2 amide bonds. The summed E-state index contributed by atoms with van der Waals surface area (Å²) >= 11 is 0. The fourth-order valence-electron chi connectivity index (χ4n) is 4.20. The van der Waals surface area contributed by atoms with E-state index in [1.54, 1.807) is 11.9 Å². The lowest BCUT2D eigenvalue weighted by Gasteiger charge is -2.31. The summed E-state index contributed by atoms with van der Waals surface area (Å²) in [5.41, 5.74) is 13.1. The maximum atomic E-state index is 12.9. The van der Waals surface area contributed by atoms with Gasteiger partial charge in [-0.25, -0.2) is 0 Å². The van der Waals surface area contributed by atoms with E-state index in [2.05, 4.69) is 5.32 Å². The molecule has 1 aromatic carbocycles. The minimum atomic E-state index is -0.541. The van der Waals surface area contributed by atoms with Gasteiger partial charge in [0.05, 0.1) is 6.04 Å². The van der Waals surface area contributed by atoms with Gasteiger partial charge >= 0.3 is 0 Å². The SMILES string of the molecule is CN(C(=O)[C@@H](N)CC1CCCCC1)[C@@H](CCCN)C(=O)NCCc1ccccc1. The molecule has 29 heavy (non-hydrogen) atoms. The first-order valence-corrected chi connectivity index (χ1v) is 11.1. The zero-order chi connectivity index (χ0) is 21.1. The van der Waals surface area contributed by atoms with Gasteiger partial charge in [0.25, 0.3) is 0 Å². The van der Waals surface area contributed by atoms with Gasteiger partial charge in [-0.1, -0.05) is 62.4 Å². The Labute approximate surface area is 175 Å². The summed E-state index contributed by atoms with van der Waals surface area (Å²) < 4.78 is 0. The van der Waals surface area contributed by atoms with Crippen LogP contribution in [0, 0.1) is 5.92 Å². The molecule has 1 fully saturated rings. The first kappa shape index (κ1) is 23.4. The molecule has 0 bridgehead atoms. The molecule has 162 valence electrons. The third-order valence-electron chi connectivity index (χ3n) is 5.98. The van der Waals surface area contributed by atoms with Crippen LogP contribution in [0.15, 0.2) is 30.3 Å². The molecule has 0 saturated heterocycles. The quantitative estimate of drug-likeness (QED) is 0.528. The minimum absolute atomic E-state index is 0.130. The Balaban J connectivity index is 1.89. The summed E-state index contributed by atoms with van der Waals surface area (Å²) in [5.74, 6) is 0.254. The van der Waals surface area contributed by atoms with Gasteiger partial charge in [-0.15, -0.1) is 0 Å². The molecular weight excluding hydrogens is 364 g/mol. The minimum Gasteiger partial charge on any atom is -0.354 e. The Hall–Kier alpha value is -1.92. The van der Waals surface area contributed by atoms with Crippen LogP contribution in [-0.2, 0) is 16.0 Å². The van der Waals surface area contributed by atoms with E-state index < -0.39 is 12.1 Å². The normalized spacial score (nSPS) is 16.8. The van der Waals surface area contributed by atoms with Gasteiger partial charge in [0, 0.05) is 13.6 Å². The van der Waals surface area contributed by atoms with Crippen molar-refractivity contribution in [3.05, 3.63) is 35.9 Å². The van der Waals surface area contributed by atoms with Gasteiger partial charge in [0.15, 0.2) is 0 Å². The van der Waals surface area contributed by atoms with Gasteiger partial charge in [0.2, 0.25) is 11.8 Å². The molecule has 0 spiro atoms. The van der Waals surface area contributed by atoms with Crippen molar-refractivity contribution in [3.8, 4) is 0 Å². The highest BCUT2D eigenvalue weighted by molar-refractivity contribution is 5.89. The summed E-state index contributed by atoms with van der Waals surface area (Å²) in [6, 6.07) is 8.96. The van der Waals surface area contributed by atoms with E-state index in [9.17, 15) is 9.59 Å². The van der Waals surface area contributed by atoms with E-state index in [0.29, 0.717) is 38.3 Å². The van der Waals surface area contributed by atoms with Crippen LogP contribution in [-0.4, -0.2) is 48.9 Å². The largest absolute Gasteiger partial charge is 0.354 e. The molecule has 0 radical (unpaired) electrons. The molecule has 1 aromatic rings. The number of carbonyl (C=O) groups is 2. The molecule has 5 N–H and O–H groups in total. The van der Waals surface area contributed by atoms with Crippen molar-refractivity contribution in [1.82, 2.24) is 10.2 Å². The van der Waals surface area contributed by atoms with Crippen LogP contribution in [0.2, 0.25) is 0 Å². The van der Waals surface area contributed by atoms with E-state index in [-0.39, 0.29) is 11.8 Å². The second-order valence-corrected chi connectivity index (χ2v) is 8.27. The van der Waals surface area contributed by atoms with Gasteiger partial charge in [0.1, 0.15) is 6.04 Å². The molecule has 2 atom stereocenters. The number of benzene rings is 1. The molecule has 0 unspecified atom stereocenters. The van der Waals surface area contributed by atoms with E-state index in [0.717, 1.165) is 19.3 Å². The number of rotatable bonds is 11. The number of hydrogen-bond acceptors (Lipinski definition) is 4. The standard InChI is InChI=1S/C23H38N4O2/c1-27(23(29)20(25)17-19-11-6-3-7-12-19)21(13-8-15-24)22(28)26-16-14-18-9-4-2-5-10-18/h2,4-5,9-10,19-21H,3,6-8,11-17,24-25H2,1H3,(H,26,28)/t20-,21-/m0/s1. The highest BCUT2D eigenvalue weighted by Gasteiger charge is 2.30. The summed E-state index contributed by atoms with van der Waals surface area (Å²) in [4.78, 5) is 27.3. The van der Waals surface area contributed by atoms with Crippen molar-refractivity contribution < 1.29 is 9.59 Å². The van der Waals surface area contributed by atoms with Crippen LogP contribution in [0.5, 0.6) is 0 Å². The van der Waals surface area contributed by atoms with Crippen molar-refractivity contribution in [2.75, 3.05) is 20.1 Å². The molecular formula is C23H38N4O2.